The molecular formula is C12H16N4O5. The van der Waals surface area contributed by atoms with Gasteiger partial charge in [0.1, 0.15) is 30.0 Å². The zero-order valence-corrected chi connectivity index (χ0v) is 11.2. The van der Waals surface area contributed by atoms with E-state index in [2.05, 4.69) is 9.97 Å². The van der Waals surface area contributed by atoms with Crippen LogP contribution in [0.5, 0.6) is 0 Å². The number of hydrogen-bond acceptors (Lipinski definition) is 8. The fourth-order valence-corrected chi connectivity index (χ4v) is 2.56. The van der Waals surface area contributed by atoms with Crippen molar-refractivity contribution >= 4 is 16.9 Å². The van der Waals surface area contributed by atoms with Gasteiger partial charge >= 0.3 is 0 Å². The van der Waals surface area contributed by atoms with Gasteiger partial charge < -0.3 is 35.1 Å². The van der Waals surface area contributed by atoms with Crippen LogP contribution >= 0.6 is 0 Å². The molecule has 1 aliphatic rings. The van der Waals surface area contributed by atoms with Crippen LogP contribution in [-0.2, 0) is 9.47 Å². The minimum Gasteiger partial charge on any atom is -0.394 e. The number of nitrogen functional groups attached to an aromatic ring is 1. The molecule has 4 atom stereocenters. The van der Waals surface area contributed by atoms with Crippen molar-refractivity contribution in [3.63, 3.8) is 0 Å². The lowest BCUT2D eigenvalue weighted by molar-refractivity contribution is -0.264. The summed E-state index contributed by atoms with van der Waals surface area (Å²) in [4.78, 5) is 7.98. The molecule has 5 N–H and O–H groups in total. The first-order chi connectivity index (χ1) is 10.0. The minimum atomic E-state index is -2.01. The number of ether oxygens (including phenoxy) is 2. The fraction of sp³-hybridized carbons (Fsp3) is 0.500. The Morgan fingerprint density at radius 1 is 1.52 bits per heavy atom. The number of rotatable bonds is 3. The van der Waals surface area contributed by atoms with E-state index in [9.17, 15) is 15.3 Å². The Labute approximate surface area is 119 Å². The number of methoxy groups -OCH3 is 1. The maximum absolute atomic E-state index is 10.5. The van der Waals surface area contributed by atoms with Crippen molar-refractivity contribution in [2.75, 3.05) is 19.5 Å². The average molecular weight is 296 g/mol. The number of nitrogens with two attached hydrogens (primary N) is 1. The quantitative estimate of drug-likeness (QED) is 0.508. The van der Waals surface area contributed by atoms with E-state index in [-0.39, 0.29) is 5.82 Å². The van der Waals surface area contributed by atoms with E-state index in [4.69, 9.17) is 15.2 Å². The first-order valence-electron chi connectivity index (χ1n) is 6.32. The predicted octanol–water partition coefficient (Wildman–Crippen LogP) is -1.40. The monoisotopic (exact) mass is 296 g/mol. The molecule has 0 spiro atoms. The lowest BCUT2D eigenvalue weighted by Gasteiger charge is -2.30. The standard InChI is InChI=1S/C12H16N4O5/c1-20-12(19)8(18)7(4-17)21-11(12)16-3-2-6-9(13)14-5-15-10(6)16/h2-3,5,7-8,11,17-19H,4H2,1H3,(H2,13,14,15)/t7-,8-,11+,12-/m1/s1. The van der Waals surface area contributed by atoms with E-state index in [1.165, 1.54) is 18.0 Å². The summed E-state index contributed by atoms with van der Waals surface area (Å²) in [5.41, 5.74) is 6.19. The number of aliphatic hydroxyl groups is 3. The summed E-state index contributed by atoms with van der Waals surface area (Å²) in [5, 5.41) is 30.4. The molecule has 3 rings (SSSR count). The normalized spacial score (nSPS) is 32.9. The maximum Gasteiger partial charge on any atom is 0.241 e. The van der Waals surface area contributed by atoms with Gasteiger partial charge in [-0.1, -0.05) is 0 Å². The van der Waals surface area contributed by atoms with Crippen molar-refractivity contribution in [3.05, 3.63) is 18.6 Å². The second kappa shape index (κ2) is 4.90. The van der Waals surface area contributed by atoms with E-state index in [1.807, 2.05) is 0 Å². The highest BCUT2D eigenvalue weighted by atomic mass is 16.7. The molecule has 1 saturated heterocycles. The maximum atomic E-state index is 10.5. The molecule has 1 fully saturated rings. The summed E-state index contributed by atoms with van der Waals surface area (Å²) in [7, 11) is 1.24. The third kappa shape index (κ3) is 1.90. The van der Waals surface area contributed by atoms with Gasteiger partial charge in [0.15, 0.2) is 6.23 Å². The Morgan fingerprint density at radius 3 is 2.95 bits per heavy atom. The Balaban J connectivity index is 2.11. The Hall–Kier alpha value is -1.78. The molecule has 9 heteroatoms. The lowest BCUT2D eigenvalue weighted by atomic mass is 10.1. The summed E-state index contributed by atoms with van der Waals surface area (Å²) >= 11 is 0. The number of aliphatic hydroxyl groups excluding tert-OH is 2. The molecule has 1 aliphatic heterocycles. The molecule has 0 aromatic carbocycles. The van der Waals surface area contributed by atoms with Crippen LogP contribution in [0, 0.1) is 0 Å². The summed E-state index contributed by atoms with van der Waals surface area (Å²) in [5.74, 6) is -1.73. The molecule has 21 heavy (non-hydrogen) atoms. The zero-order chi connectivity index (χ0) is 15.2. The highest BCUT2D eigenvalue weighted by Gasteiger charge is 2.57. The van der Waals surface area contributed by atoms with Gasteiger partial charge in [-0.05, 0) is 6.07 Å². The van der Waals surface area contributed by atoms with Gasteiger partial charge in [0.25, 0.3) is 0 Å². The number of hydrogen-bond donors (Lipinski definition) is 4. The summed E-state index contributed by atoms with van der Waals surface area (Å²) < 4.78 is 12.0. The highest BCUT2D eigenvalue weighted by molar-refractivity contribution is 5.86. The molecule has 0 radical (unpaired) electrons. The lowest BCUT2D eigenvalue weighted by Crippen LogP contribution is -2.48. The van der Waals surface area contributed by atoms with Crippen LogP contribution < -0.4 is 5.73 Å². The molecule has 114 valence electrons. The molecule has 0 saturated carbocycles. The van der Waals surface area contributed by atoms with Crippen molar-refractivity contribution in [3.8, 4) is 0 Å². The van der Waals surface area contributed by atoms with Gasteiger partial charge in [-0.15, -0.1) is 0 Å². The molecule has 2 aromatic heterocycles. The fourth-order valence-electron chi connectivity index (χ4n) is 2.56. The molecule has 3 heterocycles. The smallest absolute Gasteiger partial charge is 0.241 e. The van der Waals surface area contributed by atoms with Gasteiger partial charge in [0.05, 0.1) is 12.0 Å². The Bertz CT molecular complexity index is 662. The van der Waals surface area contributed by atoms with Gasteiger partial charge in [-0.3, -0.25) is 0 Å². The van der Waals surface area contributed by atoms with Crippen molar-refractivity contribution < 1.29 is 24.8 Å². The third-order valence-electron chi connectivity index (χ3n) is 3.73. The SMILES string of the molecule is CO[C@]1(O)[C@H](O)[C@@H](CO)O[C@@H]1n1ccc2c(N)ncnc21. The van der Waals surface area contributed by atoms with E-state index >= 15 is 0 Å². The molecule has 0 bridgehead atoms. The van der Waals surface area contributed by atoms with Crippen molar-refractivity contribution in [2.45, 2.75) is 24.2 Å². The minimum absolute atomic E-state index is 0.289. The number of fused-ring (bicyclic) bond motifs is 1. The van der Waals surface area contributed by atoms with E-state index < -0.39 is 30.8 Å². The van der Waals surface area contributed by atoms with Gasteiger partial charge in [-0.2, -0.15) is 0 Å². The summed E-state index contributed by atoms with van der Waals surface area (Å²) in [6, 6.07) is 1.67. The topological polar surface area (TPSA) is 136 Å². The van der Waals surface area contributed by atoms with Gasteiger partial charge in [-0.25, -0.2) is 9.97 Å². The van der Waals surface area contributed by atoms with Crippen molar-refractivity contribution in [2.24, 2.45) is 0 Å². The molecule has 2 aromatic rings. The van der Waals surface area contributed by atoms with Gasteiger partial charge in [0.2, 0.25) is 5.79 Å². The largest absolute Gasteiger partial charge is 0.394 e. The van der Waals surface area contributed by atoms with E-state index in [0.717, 1.165) is 0 Å². The predicted molar refractivity (Wildman–Crippen MR) is 70.9 cm³/mol. The molecule has 0 amide bonds. The van der Waals surface area contributed by atoms with Crippen LogP contribution in [0.4, 0.5) is 5.82 Å². The summed E-state index contributed by atoms with van der Waals surface area (Å²) in [6.07, 6.45) is -0.585. The second-order valence-corrected chi connectivity index (χ2v) is 4.83. The summed E-state index contributed by atoms with van der Waals surface area (Å²) in [6.45, 7) is -0.459. The van der Waals surface area contributed by atoms with Crippen LogP contribution in [0.2, 0.25) is 0 Å². The Morgan fingerprint density at radius 2 is 2.29 bits per heavy atom. The number of anilines is 1. The van der Waals surface area contributed by atoms with Gasteiger partial charge in [0, 0.05) is 13.3 Å². The third-order valence-corrected chi connectivity index (χ3v) is 3.73. The molecule has 0 unspecified atom stereocenters. The van der Waals surface area contributed by atoms with Crippen LogP contribution in [0.25, 0.3) is 11.0 Å². The number of aromatic nitrogens is 3. The first kappa shape index (κ1) is 14.2. The zero-order valence-electron chi connectivity index (χ0n) is 11.2. The average Bonchev–Trinajstić information content (AvgIpc) is 3.01. The molecular weight excluding hydrogens is 280 g/mol. The number of nitrogens with zero attached hydrogens (tertiary/aromatic N) is 3. The first-order valence-corrected chi connectivity index (χ1v) is 6.32. The molecule has 9 nitrogen and oxygen atoms in total. The van der Waals surface area contributed by atoms with Crippen molar-refractivity contribution in [1.29, 1.82) is 0 Å². The van der Waals surface area contributed by atoms with Crippen molar-refractivity contribution in [1.82, 2.24) is 14.5 Å². The van der Waals surface area contributed by atoms with Crippen LogP contribution in [0.3, 0.4) is 0 Å². The van der Waals surface area contributed by atoms with Crippen LogP contribution in [0.1, 0.15) is 6.23 Å². The van der Waals surface area contributed by atoms with Crippen LogP contribution in [-0.4, -0.2) is 61.6 Å². The van der Waals surface area contributed by atoms with Crippen LogP contribution in [0.15, 0.2) is 18.6 Å². The Kier molecular flexibility index (Phi) is 3.30. The molecule has 0 aliphatic carbocycles. The second-order valence-electron chi connectivity index (χ2n) is 4.83. The highest BCUT2D eigenvalue weighted by Crippen LogP contribution is 2.40. The van der Waals surface area contributed by atoms with E-state index in [1.54, 1.807) is 12.3 Å². The van der Waals surface area contributed by atoms with E-state index in [0.29, 0.717) is 11.0 Å².